The van der Waals surface area contributed by atoms with Crippen LogP contribution in [0.4, 0.5) is 0 Å². The molecular weight excluding hydrogens is 362 g/mol. The van der Waals surface area contributed by atoms with Crippen molar-refractivity contribution in [3.8, 4) is 0 Å². The van der Waals surface area contributed by atoms with E-state index >= 15 is 0 Å². The van der Waals surface area contributed by atoms with Crippen LogP contribution in [0.15, 0.2) is 54.6 Å². The molecule has 0 bridgehead atoms. The van der Waals surface area contributed by atoms with Gasteiger partial charge in [0.15, 0.2) is 0 Å². The maximum absolute atomic E-state index is 13.0. The van der Waals surface area contributed by atoms with Crippen molar-refractivity contribution in [2.45, 2.75) is 51.1 Å². The monoisotopic (exact) mass is 393 g/mol. The molecule has 1 aliphatic heterocycles. The summed E-state index contributed by atoms with van der Waals surface area (Å²) in [5.41, 5.74) is 9.15. The van der Waals surface area contributed by atoms with Gasteiger partial charge < -0.3 is 16.0 Å². The highest BCUT2D eigenvalue weighted by atomic mass is 16.2. The predicted molar refractivity (Wildman–Crippen MR) is 115 cm³/mol. The standard InChI is InChI=1S/C24H31N3O2/c1-3-21(18-7-5-4-6-8-18)24(29)27-15-13-20(14-16-27)26-23(28)22(25)19-11-9-17(2)10-12-19/h4-12,20-22H,3,13-16,25H2,1-2H3,(H,26,28). The van der Waals surface area contributed by atoms with E-state index in [1.54, 1.807) is 0 Å². The Morgan fingerprint density at radius 1 is 1.03 bits per heavy atom. The number of nitrogens with one attached hydrogen (secondary N) is 1. The zero-order chi connectivity index (χ0) is 20.8. The topological polar surface area (TPSA) is 75.4 Å². The minimum absolute atomic E-state index is 0.0554. The Balaban J connectivity index is 1.52. The summed E-state index contributed by atoms with van der Waals surface area (Å²) in [7, 11) is 0. The van der Waals surface area contributed by atoms with Gasteiger partial charge in [-0.2, -0.15) is 0 Å². The van der Waals surface area contributed by atoms with Gasteiger partial charge in [-0.05, 0) is 37.3 Å². The molecule has 2 aromatic rings. The summed E-state index contributed by atoms with van der Waals surface area (Å²) in [6.07, 6.45) is 2.29. The molecule has 154 valence electrons. The van der Waals surface area contributed by atoms with E-state index in [1.807, 2.05) is 66.4 Å². The largest absolute Gasteiger partial charge is 0.352 e. The van der Waals surface area contributed by atoms with E-state index in [2.05, 4.69) is 12.2 Å². The number of nitrogens with two attached hydrogens (primary N) is 1. The Labute approximate surface area is 173 Å². The Kier molecular flexibility index (Phi) is 7.04. The first-order valence-electron chi connectivity index (χ1n) is 10.5. The van der Waals surface area contributed by atoms with E-state index in [1.165, 1.54) is 0 Å². The van der Waals surface area contributed by atoms with Crippen molar-refractivity contribution in [3.05, 3.63) is 71.3 Å². The maximum atomic E-state index is 13.0. The molecule has 2 amide bonds. The van der Waals surface area contributed by atoms with Crippen LogP contribution in [0.25, 0.3) is 0 Å². The number of likely N-dealkylation sites (tertiary alicyclic amines) is 1. The third-order valence-electron chi connectivity index (χ3n) is 5.78. The Bertz CT molecular complexity index is 812. The van der Waals surface area contributed by atoms with Crippen LogP contribution >= 0.6 is 0 Å². The molecule has 0 aromatic heterocycles. The second-order valence-corrected chi connectivity index (χ2v) is 7.87. The van der Waals surface area contributed by atoms with Crippen LogP contribution < -0.4 is 11.1 Å². The Hall–Kier alpha value is -2.66. The molecule has 29 heavy (non-hydrogen) atoms. The number of amides is 2. The number of carbonyl (C=O) groups is 2. The van der Waals surface area contributed by atoms with Crippen molar-refractivity contribution in [3.63, 3.8) is 0 Å². The van der Waals surface area contributed by atoms with E-state index in [-0.39, 0.29) is 23.8 Å². The number of hydrogen-bond acceptors (Lipinski definition) is 3. The first kappa shape index (κ1) is 21.1. The van der Waals surface area contributed by atoms with Crippen LogP contribution in [0.2, 0.25) is 0 Å². The molecule has 1 fully saturated rings. The van der Waals surface area contributed by atoms with Crippen LogP contribution in [0.5, 0.6) is 0 Å². The zero-order valence-electron chi connectivity index (χ0n) is 17.3. The van der Waals surface area contributed by atoms with Gasteiger partial charge in [-0.15, -0.1) is 0 Å². The van der Waals surface area contributed by atoms with Gasteiger partial charge in [-0.25, -0.2) is 0 Å². The molecule has 2 unspecified atom stereocenters. The lowest BCUT2D eigenvalue weighted by Crippen LogP contribution is -2.49. The van der Waals surface area contributed by atoms with Gasteiger partial charge in [0, 0.05) is 19.1 Å². The van der Waals surface area contributed by atoms with Crippen LogP contribution in [-0.4, -0.2) is 35.8 Å². The first-order valence-corrected chi connectivity index (χ1v) is 10.5. The van der Waals surface area contributed by atoms with Crippen molar-refractivity contribution < 1.29 is 9.59 Å². The molecule has 1 saturated heterocycles. The highest BCUT2D eigenvalue weighted by molar-refractivity contribution is 5.84. The van der Waals surface area contributed by atoms with E-state index in [9.17, 15) is 9.59 Å². The molecule has 0 spiro atoms. The number of aryl methyl sites for hydroxylation is 1. The van der Waals surface area contributed by atoms with Gasteiger partial charge in [-0.3, -0.25) is 9.59 Å². The number of benzene rings is 2. The predicted octanol–water partition coefficient (Wildman–Crippen LogP) is 3.30. The molecule has 0 saturated carbocycles. The van der Waals surface area contributed by atoms with Crippen LogP contribution in [0.3, 0.4) is 0 Å². The summed E-state index contributed by atoms with van der Waals surface area (Å²) >= 11 is 0. The molecule has 5 nitrogen and oxygen atoms in total. The number of piperidine rings is 1. The number of carbonyl (C=O) groups excluding carboxylic acids is 2. The molecule has 5 heteroatoms. The minimum atomic E-state index is -0.669. The third kappa shape index (κ3) is 5.24. The van der Waals surface area contributed by atoms with Crippen LogP contribution in [0, 0.1) is 6.92 Å². The fourth-order valence-corrected chi connectivity index (χ4v) is 3.92. The van der Waals surface area contributed by atoms with Gasteiger partial charge in [0.2, 0.25) is 11.8 Å². The van der Waals surface area contributed by atoms with Crippen molar-refractivity contribution in [1.29, 1.82) is 0 Å². The van der Waals surface area contributed by atoms with Gasteiger partial charge in [-0.1, -0.05) is 67.1 Å². The van der Waals surface area contributed by atoms with Gasteiger partial charge in [0.05, 0.1) is 5.92 Å². The van der Waals surface area contributed by atoms with E-state index in [0.717, 1.165) is 36.0 Å². The summed E-state index contributed by atoms with van der Waals surface area (Å²) in [6, 6.07) is 17.1. The van der Waals surface area contributed by atoms with Crippen molar-refractivity contribution in [2.75, 3.05) is 13.1 Å². The number of hydrogen-bond donors (Lipinski definition) is 2. The second-order valence-electron chi connectivity index (χ2n) is 7.87. The van der Waals surface area contributed by atoms with E-state index in [4.69, 9.17) is 5.73 Å². The highest BCUT2D eigenvalue weighted by Crippen LogP contribution is 2.24. The molecular formula is C24H31N3O2. The molecule has 1 aliphatic rings. The summed E-state index contributed by atoms with van der Waals surface area (Å²) in [4.78, 5) is 27.5. The molecule has 2 atom stereocenters. The van der Waals surface area contributed by atoms with Gasteiger partial charge in [0.1, 0.15) is 6.04 Å². The zero-order valence-corrected chi connectivity index (χ0v) is 17.3. The van der Waals surface area contributed by atoms with E-state index < -0.39 is 6.04 Å². The smallest absolute Gasteiger partial charge is 0.241 e. The van der Waals surface area contributed by atoms with Crippen molar-refractivity contribution in [1.82, 2.24) is 10.2 Å². The Morgan fingerprint density at radius 3 is 2.24 bits per heavy atom. The van der Waals surface area contributed by atoms with Gasteiger partial charge in [0.25, 0.3) is 0 Å². The molecule has 0 aliphatic carbocycles. The average Bonchev–Trinajstić information content (AvgIpc) is 2.75. The fraction of sp³-hybridized carbons (Fsp3) is 0.417. The summed E-state index contributed by atoms with van der Waals surface area (Å²) in [6.45, 7) is 5.38. The maximum Gasteiger partial charge on any atom is 0.241 e. The highest BCUT2D eigenvalue weighted by Gasteiger charge is 2.29. The molecule has 0 radical (unpaired) electrons. The second kappa shape index (κ2) is 9.70. The first-order chi connectivity index (χ1) is 14.0. The molecule has 1 heterocycles. The average molecular weight is 394 g/mol. The third-order valence-corrected chi connectivity index (χ3v) is 5.78. The summed E-state index contributed by atoms with van der Waals surface area (Å²) < 4.78 is 0. The number of rotatable bonds is 6. The lowest BCUT2D eigenvalue weighted by Gasteiger charge is -2.35. The quantitative estimate of drug-likeness (QED) is 0.791. The van der Waals surface area contributed by atoms with E-state index in [0.29, 0.717) is 13.1 Å². The molecule has 3 N–H and O–H groups in total. The normalized spacial score (nSPS) is 16.9. The van der Waals surface area contributed by atoms with Gasteiger partial charge >= 0.3 is 0 Å². The molecule has 2 aromatic carbocycles. The Morgan fingerprint density at radius 2 is 1.66 bits per heavy atom. The summed E-state index contributed by atoms with van der Waals surface area (Å²) in [5, 5.41) is 3.06. The van der Waals surface area contributed by atoms with Crippen molar-refractivity contribution in [2.24, 2.45) is 5.73 Å². The van der Waals surface area contributed by atoms with Crippen molar-refractivity contribution >= 4 is 11.8 Å². The van der Waals surface area contributed by atoms with Crippen LogP contribution in [0.1, 0.15) is 54.8 Å². The fourth-order valence-electron chi connectivity index (χ4n) is 3.92. The summed E-state index contributed by atoms with van der Waals surface area (Å²) in [5.74, 6) is -0.0773. The minimum Gasteiger partial charge on any atom is -0.352 e. The lowest BCUT2D eigenvalue weighted by atomic mass is 9.93. The number of nitrogens with zero attached hydrogens (tertiary/aromatic N) is 1. The lowest BCUT2D eigenvalue weighted by molar-refractivity contribution is -0.134. The molecule has 3 rings (SSSR count). The van der Waals surface area contributed by atoms with Crippen LogP contribution in [-0.2, 0) is 9.59 Å². The SMILES string of the molecule is CCC(C(=O)N1CCC(NC(=O)C(N)c2ccc(C)cc2)CC1)c1ccccc1.